The Morgan fingerprint density at radius 2 is 1.80 bits per heavy atom. The molecule has 8 nitrogen and oxygen atoms in total. The number of sulfonamides is 1. The number of methoxy groups -OCH3 is 1. The van der Waals surface area contributed by atoms with Crippen molar-refractivity contribution in [3.05, 3.63) is 102 Å². The van der Waals surface area contributed by atoms with Gasteiger partial charge in [-0.25, -0.2) is 17.9 Å². The highest BCUT2D eigenvalue weighted by atomic mass is 32.2. The summed E-state index contributed by atoms with van der Waals surface area (Å²) >= 11 is 0. The van der Waals surface area contributed by atoms with Crippen LogP contribution in [0.5, 0.6) is 5.75 Å². The predicted molar refractivity (Wildman–Crippen MR) is 129 cm³/mol. The zero-order valence-corrected chi connectivity index (χ0v) is 19.6. The molecule has 0 aliphatic heterocycles. The third-order valence-corrected chi connectivity index (χ3v) is 6.29. The maximum absolute atomic E-state index is 14.3. The van der Waals surface area contributed by atoms with Gasteiger partial charge in [0.25, 0.3) is 5.91 Å². The maximum atomic E-state index is 14.3. The summed E-state index contributed by atoms with van der Waals surface area (Å²) < 4.78 is 44.0. The molecule has 0 radical (unpaired) electrons. The van der Waals surface area contributed by atoms with E-state index < -0.39 is 15.9 Å². The van der Waals surface area contributed by atoms with Crippen LogP contribution in [0.4, 0.5) is 4.39 Å². The second kappa shape index (κ2) is 10.1. The molecule has 0 unspecified atom stereocenters. The van der Waals surface area contributed by atoms with Gasteiger partial charge in [0.2, 0.25) is 10.0 Å². The number of aromatic nitrogens is 2. The fraction of sp³-hybridized carbons (Fsp3) is 0.120. The van der Waals surface area contributed by atoms with Crippen LogP contribution in [0.1, 0.15) is 21.6 Å². The molecule has 4 rings (SSSR count). The largest absolute Gasteiger partial charge is 0.497 e. The third-order valence-electron chi connectivity index (χ3n) is 5.36. The Labute approximate surface area is 202 Å². The lowest BCUT2D eigenvalue weighted by molar-refractivity contribution is 0.0945. The van der Waals surface area contributed by atoms with Gasteiger partial charge in [0.1, 0.15) is 11.6 Å². The monoisotopic (exact) mass is 494 g/mol. The normalized spacial score (nSPS) is 11.3. The Hall–Kier alpha value is -4.02. The second-order valence-electron chi connectivity index (χ2n) is 7.77. The first-order valence-electron chi connectivity index (χ1n) is 10.6. The van der Waals surface area contributed by atoms with Crippen molar-refractivity contribution in [2.75, 3.05) is 7.11 Å². The van der Waals surface area contributed by atoms with Crippen LogP contribution in [0.2, 0.25) is 0 Å². The number of carbonyl (C=O) groups excluding carboxylic acids is 1. The third kappa shape index (κ3) is 5.73. The van der Waals surface area contributed by atoms with E-state index in [9.17, 15) is 17.6 Å². The van der Waals surface area contributed by atoms with E-state index in [1.807, 2.05) is 18.2 Å². The van der Waals surface area contributed by atoms with Gasteiger partial charge in [-0.2, -0.15) is 5.10 Å². The summed E-state index contributed by atoms with van der Waals surface area (Å²) in [7, 11) is -2.23. The molecule has 1 aromatic heterocycles. The molecule has 35 heavy (non-hydrogen) atoms. The van der Waals surface area contributed by atoms with Gasteiger partial charge in [-0.15, -0.1) is 0 Å². The van der Waals surface area contributed by atoms with Gasteiger partial charge in [0.05, 0.1) is 24.2 Å². The van der Waals surface area contributed by atoms with Crippen molar-refractivity contribution in [3.63, 3.8) is 0 Å². The van der Waals surface area contributed by atoms with Crippen LogP contribution in [-0.2, 0) is 23.1 Å². The van der Waals surface area contributed by atoms with E-state index in [-0.39, 0.29) is 29.5 Å². The molecular formula is C25H23FN4O4S. The van der Waals surface area contributed by atoms with Gasteiger partial charge in [-0.3, -0.25) is 9.48 Å². The van der Waals surface area contributed by atoms with Crippen LogP contribution in [0.15, 0.2) is 83.8 Å². The number of hydrogen-bond acceptors (Lipinski definition) is 5. The number of rotatable bonds is 8. The minimum atomic E-state index is -3.79. The number of primary sulfonamides is 1. The van der Waals surface area contributed by atoms with E-state index in [1.165, 1.54) is 18.2 Å². The average Bonchev–Trinajstić information content (AvgIpc) is 3.27. The summed E-state index contributed by atoms with van der Waals surface area (Å²) in [4.78, 5) is 12.9. The van der Waals surface area contributed by atoms with Gasteiger partial charge < -0.3 is 10.1 Å². The smallest absolute Gasteiger partial charge is 0.272 e. The highest BCUT2D eigenvalue weighted by Crippen LogP contribution is 2.26. The molecule has 3 aromatic carbocycles. The number of benzene rings is 3. The number of nitrogens with zero attached hydrogens (tertiary/aromatic N) is 2. The first kappa shape index (κ1) is 24.1. The summed E-state index contributed by atoms with van der Waals surface area (Å²) in [6.07, 6.45) is 0. The fourth-order valence-corrected chi connectivity index (χ4v) is 4.04. The molecular weight excluding hydrogens is 471 g/mol. The minimum absolute atomic E-state index is 0.0117. The van der Waals surface area contributed by atoms with Gasteiger partial charge in [-0.1, -0.05) is 42.5 Å². The molecule has 4 aromatic rings. The van der Waals surface area contributed by atoms with E-state index in [0.29, 0.717) is 22.6 Å². The predicted octanol–water partition coefficient (Wildman–Crippen LogP) is 3.32. The molecule has 3 N–H and O–H groups in total. The molecule has 0 aliphatic carbocycles. The number of nitrogens with two attached hydrogens (primary N) is 1. The van der Waals surface area contributed by atoms with Gasteiger partial charge >= 0.3 is 0 Å². The summed E-state index contributed by atoms with van der Waals surface area (Å²) in [5, 5.41) is 12.3. The number of amides is 1. The first-order chi connectivity index (χ1) is 16.7. The lowest BCUT2D eigenvalue weighted by Gasteiger charge is -2.09. The molecule has 0 saturated carbocycles. The first-order valence-corrected chi connectivity index (χ1v) is 12.1. The van der Waals surface area contributed by atoms with Gasteiger partial charge in [0, 0.05) is 17.7 Å². The zero-order valence-electron chi connectivity index (χ0n) is 18.8. The number of halogens is 1. The summed E-state index contributed by atoms with van der Waals surface area (Å²) in [6, 6.07) is 21.2. The van der Waals surface area contributed by atoms with E-state index >= 15 is 0 Å². The van der Waals surface area contributed by atoms with Crippen molar-refractivity contribution in [1.29, 1.82) is 0 Å². The summed E-state index contributed by atoms with van der Waals surface area (Å²) in [5.74, 6) is -0.166. The van der Waals surface area contributed by atoms with Crippen LogP contribution >= 0.6 is 0 Å². The quantitative estimate of drug-likeness (QED) is 0.390. The molecule has 0 saturated heterocycles. The second-order valence-corrected chi connectivity index (χ2v) is 9.33. The molecule has 0 atom stereocenters. The standard InChI is InChI=1S/C25H23FN4O4S/c1-34-20-7-4-6-18(13-20)24-14-23(29-30(24)16-19-5-2-3-8-22(19)26)25(31)28-15-17-9-11-21(12-10-17)35(27,32)33/h2-14H,15-16H2,1H3,(H,28,31)(H2,27,32,33). The van der Waals surface area contributed by atoms with E-state index in [2.05, 4.69) is 10.4 Å². The molecule has 1 amide bonds. The number of carbonyl (C=O) groups is 1. The molecule has 0 bridgehead atoms. The molecule has 180 valence electrons. The highest BCUT2D eigenvalue weighted by Gasteiger charge is 2.17. The Balaban J connectivity index is 1.60. The van der Waals surface area contributed by atoms with Crippen molar-refractivity contribution in [2.45, 2.75) is 18.0 Å². The zero-order chi connectivity index (χ0) is 25.0. The van der Waals surface area contributed by atoms with Crippen molar-refractivity contribution in [2.24, 2.45) is 5.14 Å². The van der Waals surface area contributed by atoms with Crippen molar-refractivity contribution in [1.82, 2.24) is 15.1 Å². The highest BCUT2D eigenvalue weighted by molar-refractivity contribution is 7.89. The molecule has 10 heteroatoms. The Bertz CT molecular complexity index is 1470. The van der Waals surface area contributed by atoms with E-state index in [4.69, 9.17) is 9.88 Å². The van der Waals surface area contributed by atoms with E-state index in [1.54, 1.807) is 54.3 Å². The lowest BCUT2D eigenvalue weighted by Crippen LogP contribution is -2.23. The minimum Gasteiger partial charge on any atom is -0.497 e. The topological polar surface area (TPSA) is 116 Å². The van der Waals surface area contributed by atoms with Crippen LogP contribution < -0.4 is 15.2 Å². The maximum Gasteiger partial charge on any atom is 0.272 e. The van der Waals surface area contributed by atoms with Crippen LogP contribution in [0.3, 0.4) is 0 Å². The number of ether oxygens (including phenoxy) is 1. The van der Waals surface area contributed by atoms with Crippen molar-refractivity contribution < 1.29 is 22.3 Å². The van der Waals surface area contributed by atoms with E-state index in [0.717, 1.165) is 5.56 Å². The Morgan fingerprint density at radius 1 is 1.06 bits per heavy atom. The van der Waals surface area contributed by atoms with Crippen LogP contribution in [0, 0.1) is 5.82 Å². The van der Waals surface area contributed by atoms with Gasteiger partial charge in [0.15, 0.2) is 5.69 Å². The number of nitrogens with one attached hydrogen (secondary N) is 1. The summed E-state index contributed by atoms with van der Waals surface area (Å²) in [5.41, 5.74) is 2.65. The van der Waals surface area contributed by atoms with Crippen molar-refractivity contribution >= 4 is 15.9 Å². The fourth-order valence-electron chi connectivity index (χ4n) is 3.52. The molecule has 0 spiro atoms. The molecule has 1 heterocycles. The van der Waals surface area contributed by atoms with Gasteiger partial charge in [-0.05, 0) is 42.0 Å². The van der Waals surface area contributed by atoms with Crippen LogP contribution in [0.25, 0.3) is 11.3 Å². The summed E-state index contributed by atoms with van der Waals surface area (Å²) in [6.45, 7) is 0.278. The lowest BCUT2D eigenvalue weighted by atomic mass is 10.1. The Kier molecular flexibility index (Phi) is 6.94. The number of hydrogen-bond donors (Lipinski definition) is 2. The molecule has 0 fully saturated rings. The van der Waals surface area contributed by atoms with Crippen LogP contribution in [-0.4, -0.2) is 31.2 Å². The molecule has 0 aliphatic rings. The average molecular weight is 495 g/mol. The SMILES string of the molecule is COc1cccc(-c2cc(C(=O)NCc3ccc(S(N)(=O)=O)cc3)nn2Cc2ccccc2F)c1. The van der Waals surface area contributed by atoms with Crippen molar-refractivity contribution in [3.8, 4) is 17.0 Å². The Morgan fingerprint density at radius 3 is 2.49 bits per heavy atom.